The molecular formula is C20H31N5O5. The monoisotopic (exact) mass is 421 g/mol. The van der Waals surface area contributed by atoms with Gasteiger partial charge in [-0.3, -0.25) is 14.4 Å². The van der Waals surface area contributed by atoms with Gasteiger partial charge in [-0.1, -0.05) is 13.8 Å². The Kier molecular flexibility index (Phi) is 8.52. The lowest BCUT2D eigenvalue weighted by atomic mass is 9.83. The third-order valence-electron chi connectivity index (χ3n) is 5.49. The molecule has 10 heteroatoms. The van der Waals surface area contributed by atoms with E-state index >= 15 is 0 Å². The molecule has 1 aromatic rings. The Labute approximate surface area is 175 Å². The van der Waals surface area contributed by atoms with E-state index in [0.717, 1.165) is 25.9 Å². The fourth-order valence-corrected chi connectivity index (χ4v) is 3.87. The smallest absolute Gasteiger partial charge is 0.290 e. The molecule has 0 unspecified atom stereocenters. The molecule has 2 fully saturated rings. The van der Waals surface area contributed by atoms with Crippen molar-refractivity contribution in [1.82, 2.24) is 20.2 Å². The van der Waals surface area contributed by atoms with Crippen molar-refractivity contribution in [2.24, 2.45) is 5.92 Å². The number of amides is 2. The van der Waals surface area contributed by atoms with E-state index < -0.39 is 6.10 Å². The van der Waals surface area contributed by atoms with Crippen LogP contribution in [0.25, 0.3) is 0 Å². The molecular weight excluding hydrogens is 390 g/mol. The number of hydrogen-bond acceptors (Lipinski definition) is 7. The summed E-state index contributed by atoms with van der Waals surface area (Å²) < 4.78 is 0. The molecule has 3 rings (SSSR count). The summed E-state index contributed by atoms with van der Waals surface area (Å²) in [5.41, 5.74) is 6.62. The number of rotatable bonds is 4. The minimum atomic E-state index is -0.747. The number of nitrogens with one attached hydrogen (secondary N) is 1. The molecule has 10 nitrogen and oxygen atoms in total. The van der Waals surface area contributed by atoms with Crippen LogP contribution in [0.4, 0.5) is 5.95 Å². The average Bonchev–Trinajstić information content (AvgIpc) is 3.23. The number of hydrogen-bond donors (Lipinski definition) is 4. The lowest BCUT2D eigenvalue weighted by Gasteiger charge is -2.34. The van der Waals surface area contributed by atoms with Gasteiger partial charge in [0.15, 0.2) is 0 Å². The Balaban J connectivity index is 0.00000101. The van der Waals surface area contributed by atoms with E-state index in [2.05, 4.69) is 15.3 Å². The molecule has 5 N–H and O–H groups in total. The van der Waals surface area contributed by atoms with Crippen LogP contribution in [-0.2, 0) is 9.59 Å². The number of carboxylic acid groups (broad SMARTS) is 1. The molecule has 1 saturated heterocycles. The highest BCUT2D eigenvalue weighted by molar-refractivity contribution is 5.93. The van der Waals surface area contributed by atoms with Crippen molar-refractivity contribution < 1.29 is 24.6 Å². The molecule has 166 valence electrons. The van der Waals surface area contributed by atoms with Crippen LogP contribution in [-0.4, -0.2) is 68.6 Å². The van der Waals surface area contributed by atoms with Crippen molar-refractivity contribution in [2.75, 3.05) is 18.8 Å². The van der Waals surface area contributed by atoms with E-state index in [4.69, 9.17) is 15.6 Å². The number of aliphatic hydroxyl groups is 1. The summed E-state index contributed by atoms with van der Waals surface area (Å²) in [6, 6.07) is 1.24. The van der Waals surface area contributed by atoms with E-state index in [1.807, 2.05) is 18.7 Å². The van der Waals surface area contributed by atoms with Gasteiger partial charge in [-0.05, 0) is 44.1 Å². The number of carbonyl (C=O) groups is 3. The Bertz CT molecular complexity index is 751. The summed E-state index contributed by atoms with van der Waals surface area (Å²) in [5, 5.41) is 20.2. The molecule has 2 heterocycles. The normalized spacial score (nSPS) is 23.5. The van der Waals surface area contributed by atoms with Gasteiger partial charge >= 0.3 is 0 Å². The zero-order valence-electron chi connectivity index (χ0n) is 17.5. The Morgan fingerprint density at radius 1 is 1.27 bits per heavy atom. The predicted octanol–water partition coefficient (Wildman–Crippen LogP) is 0.765. The van der Waals surface area contributed by atoms with Crippen molar-refractivity contribution >= 4 is 24.2 Å². The fraction of sp³-hybridized carbons (Fsp3) is 0.650. The summed E-state index contributed by atoms with van der Waals surface area (Å²) >= 11 is 0. The van der Waals surface area contributed by atoms with Crippen LogP contribution in [0.15, 0.2) is 6.07 Å². The van der Waals surface area contributed by atoms with Crippen LogP contribution in [0.5, 0.6) is 0 Å². The second-order valence-electron chi connectivity index (χ2n) is 7.99. The summed E-state index contributed by atoms with van der Waals surface area (Å²) in [6.45, 7) is 5.32. The average molecular weight is 421 g/mol. The van der Waals surface area contributed by atoms with E-state index in [-0.39, 0.29) is 47.8 Å². The molecule has 0 radical (unpaired) electrons. The van der Waals surface area contributed by atoms with Crippen LogP contribution >= 0.6 is 0 Å². The molecule has 1 aliphatic heterocycles. The first kappa shape index (κ1) is 23.5. The molecule has 0 aromatic carbocycles. The quantitative estimate of drug-likeness (QED) is 0.519. The maximum absolute atomic E-state index is 12.6. The molecule has 1 aliphatic carbocycles. The van der Waals surface area contributed by atoms with Crippen molar-refractivity contribution in [3.63, 3.8) is 0 Å². The van der Waals surface area contributed by atoms with Gasteiger partial charge in [-0.2, -0.15) is 0 Å². The third-order valence-corrected chi connectivity index (χ3v) is 5.49. The molecule has 1 saturated carbocycles. The van der Waals surface area contributed by atoms with Crippen LogP contribution in [0, 0.1) is 5.92 Å². The zero-order chi connectivity index (χ0) is 22.3. The maximum Gasteiger partial charge on any atom is 0.290 e. The van der Waals surface area contributed by atoms with E-state index in [0.29, 0.717) is 25.0 Å². The summed E-state index contributed by atoms with van der Waals surface area (Å²) in [7, 11) is 0. The van der Waals surface area contributed by atoms with Gasteiger partial charge in [0.1, 0.15) is 5.69 Å². The highest BCUT2D eigenvalue weighted by atomic mass is 16.3. The topological polar surface area (TPSA) is 159 Å². The molecule has 2 amide bonds. The largest absolute Gasteiger partial charge is 0.483 e. The number of nitrogens with zero attached hydrogens (tertiary/aromatic N) is 3. The van der Waals surface area contributed by atoms with E-state index in [1.54, 1.807) is 6.07 Å². The van der Waals surface area contributed by atoms with Gasteiger partial charge in [0, 0.05) is 24.7 Å². The van der Waals surface area contributed by atoms with Gasteiger partial charge < -0.3 is 26.2 Å². The van der Waals surface area contributed by atoms with Crippen molar-refractivity contribution in [1.29, 1.82) is 0 Å². The number of anilines is 1. The Hall–Kier alpha value is -2.75. The minimum Gasteiger partial charge on any atom is -0.483 e. The Morgan fingerprint density at radius 3 is 2.47 bits per heavy atom. The number of likely N-dealkylation sites (tertiary alicyclic amines) is 1. The van der Waals surface area contributed by atoms with Crippen molar-refractivity contribution in [2.45, 2.75) is 64.0 Å². The lowest BCUT2D eigenvalue weighted by Crippen LogP contribution is -2.49. The third kappa shape index (κ3) is 6.12. The van der Waals surface area contributed by atoms with Gasteiger partial charge in [0.2, 0.25) is 11.9 Å². The first-order chi connectivity index (χ1) is 14.3. The first-order valence-electron chi connectivity index (χ1n) is 10.3. The maximum atomic E-state index is 12.6. The van der Waals surface area contributed by atoms with Gasteiger partial charge in [-0.15, -0.1) is 0 Å². The molecule has 2 aliphatic rings. The summed E-state index contributed by atoms with van der Waals surface area (Å²) in [5.74, 6) is -0.208. The zero-order valence-corrected chi connectivity index (χ0v) is 17.5. The van der Waals surface area contributed by atoms with Gasteiger partial charge in [0.25, 0.3) is 12.4 Å². The number of aromatic nitrogens is 2. The molecule has 3 atom stereocenters. The highest BCUT2D eigenvalue weighted by Crippen LogP contribution is 2.28. The lowest BCUT2D eigenvalue weighted by molar-refractivity contribution is -0.137. The number of aliphatic hydroxyl groups excluding tert-OH is 1. The van der Waals surface area contributed by atoms with Gasteiger partial charge in [-0.25, -0.2) is 9.97 Å². The highest BCUT2D eigenvalue weighted by Gasteiger charge is 2.36. The van der Waals surface area contributed by atoms with Crippen LogP contribution < -0.4 is 11.1 Å². The molecule has 1 aromatic heterocycles. The summed E-state index contributed by atoms with van der Waals surface area (Å²) in [6.07, 6.45) is 2.97. The van der Waals surface area contributed by atoms with Crippen molar-refractivity contribution in [3.05, 3.63) is 17.5 Å². The van der Waals surface area contributed by atoms with Gasteiger partial charge in [0.05, 0.1) is 12.1 Å². The van der Waals surface area contributed by atoms with Crippen molar-refractivity contribution in [3.8, 4) is 0 Å². The predicted molar refractivity (Wildman–Crippen MR) is 110 cm³/mol. The second-order valence-corrected chi connectivity index (χ2v) is 7.99. The van der Waals surface area contributed by atoms with E-state index in [1.165, 1.54) is 0 Å². The standard InChI is InChI=1S/C19H29N5O3.CH2O2/c1-11(2)14-10-15(23-19(20)22-14)17(26)21-13-6-5-12(9-16(13)25)18(27)24-7-3-4-8-24;2-1-3/h10-13,16,25H,3-9H2,1-2H3,(H,21,26)(H2,20,22,23);1H,(H,2,3)/t12-,13+,16+;/m0./s1. The summed E-state index contributed by atoms with van der Waals surface area (Å²) in [4.78, 5) is 43.5. The Morgan fingerprint density at radius 2 is 1.90 bits per heavy atom. The SMILES string of the molecule is CC(C)c1cc(C(=O)N[C@@H]2CC[C@H](C(=O)N3CCCC3)C[C@H]2O)nc(N)n1.O=CO. The van der Waals surface area contributed by atoms with Crippen LogP contribution in [0.3, 0.4) is 0 Å². The van der Waals surface area contributed by atoms with Crippen LogP contribution in [0.2, 0.25) is 0 Å². The fourth-order valence-electron chi connectivity index (χ4n) is 3.87. The minimum absolute atomic E-state index is 0.0619. The number of carbonyl (C=O) groups excluding carboxylic acids is 2. The number of nitrogen functional groups attached to an aromatic ring is 1. The number of nitrogens with two attached hydrogens (primary N) is 1. The van der Waals surface area contributed by atoms with Crippen LogP contribution in [0.1, 0.15) is 68.1 Å². The second kappa shape index (κ2) is 10.9. The molecule has 0 bridgehead atoms. The molecule has 0 spiro atoms. The van der Waals surface area contributed by atoms with E-state index in [9.17, 15) is 14.7 Å². The first-order valence-corrected chi connectivity index (χ1v) is 10.3. The molecule has 30 heavy (non-hydrogen) atoms.